The Labute approximate surface area is 266 Å². The fourth-order valence-corrected chi connectivity index (χ4v) is 4.39. The van der Waals surface area contributed by atoms with E-state index in [0.717, 1.165) is 17.1 Å². The van der Waals surface area contributed by atoms with Crippen molar-refractivity contribution in [2.75, 3.05) is 57.0 Å². The maximum absolute atomic E-state index is 10.3. The van der Waals surface area contributed by atoms with E-state index in [-0.39, 0.29) is 33.4 Å². The van der Waals surface area contributed by atoms with Crippen LogP contribution in [-0.4, -0.2) is 42.3 Å². The molecule has 0 aliphatic carbocycles. The molecule has 4 rings (SSSR count). The van der Waals surface area contributed by atoms with Crippen molar-refractivity contribution in [3.63, 3.8) is 0 Å². The summed E-state index contributed by atoms with van der Waals surface area (Å²) in [6.45, 7) is 0. The standard InChI is InChI=1S/C39H30N6/c1-43(2)31-16-7-28(8-17-31)13-22-34-37(25-40)35(23-14-29-9-18-32(19-10-29)44(3)4)39(27-42)36(38(34)26-41)24-15-30-11-20-33(21-12-30)45(5)6/h7-12,16-21H,1-6H3. The van der Waals surface area contributed by atoms with Crippen LogP contribution >= 0.6 is 0 Å². The molecule has 6 nitrogen and oxygen atoms in total. The van der Waals surface area contributed by atoms with Gasteiger partial charge in [0, 0.05) is 76.0 Å². The Kier molecular flexibility index (Phi) is 9.80. The fraction of sp³-hybridized carbons (Fsp3) is 0.154. The highest BCUT2D eigenvalue weighted by atomic mass is 15.1. The molecule has 0 aliphatic heterocycles. The first-order valence-electron chi connectivity index (χ1n) is 14.0. The Hall–Kier alpha value is -6.57. The molecule has 0 bridgehead atoms. The van der Waals surface area contributed by atoms with Gasteiger partial charge in [-0.3, -0.25) is 0 Å². The quantitative estimate of drug-likeness (QED) is 0.289. The molecule has 216 valence electrons. The third-order valence-electron chi connectivity index (χ3n) is 6.98. The monoisotopic (exact) mass is 582 g/mol. The van der Waals surface area contributed by atoms with E-state index in [1.54, 1.807) is 0 Å². The van der Waals surface area contributed by atoms with Gasteiger partial charge in [-0.25, -0.2) is 0 Å². The molecule has 0 radical (unpaired) electrons. The van der Waals surface area contributed by atoms with Gasteiger partial charge in [0.15, 0.2) is 0 Å². The summed E-state index contributed by atoms with van der Waals surface area (Å²) in [6, 6.07) is 29.4. The lowest BCUT2D eigenvalue weighted by Crippen LogP contribution is -2.08. The maximum atomic E-state index is 10.3. The second-order valence-corrected chi connectivity index (χ2v) is 10.7. The van der Waals surface area contributed by atoms with Gasteiger partial charge in [-0.05, 0) is 72.8 Å². The number of anilines is 3. The summed E-state index contributed by atoms with van der Waals surface area (Å²) in [6.07, 6.45) is 0. The minimum Gasteiger partial charge on any atom is -0.378 e. The van der Waals surface area contributed by atoms with Crippen molar-refractivity contribution >= 4 is 17.1 Å². The first kappa shape index (κ1) is 31.4. The van der Waals surface area contributed by atoms with Crippen LogP contribution in [0.5, 0.6) is 0 Å². The van der Waals surface area contributed by atoms with Crippen molar-refractivity contribution in [3.8, 4) is 53.7 Å². The van der Waals surface area contributed by atoms with Crippen molar-refractivity contribution in [2.24, 2.45) is 0 Å². The largest absolute Gasteiger partial charge is 0.378 e. The summed E-state index contributed by atoms with van der Waals surface area (Å²) in [4.78, 5) is 5.95. The Morgan fingerprint density at radius 2 is 0.556 bits per heavy atom. The molecule has 4 aromatic rings. The lowest BCUT2D eigenvalue weighted by Gasteiger charge is -2.12. The number of benzene rings is 4. The Morgan fingerprint density at radius 3 is 0.733 bits per heavy atom. The third-order valence-corrected chi connectivity index (χ3v) is 6.98. The molecule has 0 atom stereocenters. The summed E-state index contributed by atoms with van der Waals surface area (Å²) < 4.78 is 0. The number of hydrogen-bond acceptors (Lipinski definition) is 6. The van der Waals surface area contributed by atoms with E-state index in [1.807, 2.05) is 130 Å². The molecule has 4 aromatic carbocycles. The topological polar surface area (TPSA) is 81.1 Å². The molecule has 0 amide bonds. The van der Waals surface area contributed by atoms with E-state index < -0.39 is 0 Å². The SMILES string of the molecule is CN(C)c1ccc(C#Cc2c(C#N)c(C#Cc3ccc(N(C)C)cc3)c(C#N)c(C#Cc3ccc(N(C)C)cc3)c2C#N)cc1. The van der Waals surface area contributed by atoms with Gasteiger partial charge in [0.2, 0.25) is 0 Å². The van der Waals surface area contributed by atoms with Crippen molar-refractivity contribution < 1.29 is 0 Å². The molecular weight excluding hydrogens is 552 g/mol. The molecule has 0 heterocycles. The van der Waals surface area contributed by atoms with Crippen LogP contribution in [0, 0.1) is 69.5 Å². The molecule has 0 spiro atoms. The van der Waals surface area contributed by atoms with E-state index in [2.05, 4.69) is 53.7 Å². The van der Waals surface area contributed by atoms with Crippen LogP contribution < -0.4 is 14.7 Å². The molecule has 0 aliphatic rings. The van der Waals surface area contributed by atoms with Gasteiger partial charge in [-0.1, -0.05) is 35.5 Å². The predicted octanol–water partition coefficient (Wildman–Crippen LogP) is 5.70. The third kappa shape index (κ3) is 7.26. The summed E-state index contributed by atoms with van der Waals surface area (Å²) in [5.74, 6) is 18.4. The van der Waals surface area contributed by atoms with Crippen molar-refractivity contribution in [2.45, 2.75) is 0 Å². The summed E-state index contributed by atoms with van der Waals surface area (Å²) >= 11 is 0. The molecule has 0 fully saturated rings. The summed E-state index contributed by atoms with van der Waals surface area (Å²) in [5.41, 5.74) is 5.95. The van der Waals surface area contributed by atoms with Gasteiger partial charge in [0.05, 0.1) is 33.4 Å². The van der Waals surface area contributed by atoms with Crippen LogP contribution in [0.1, 0.15) is 50.1 Å². The highest BCUT2D eigenvalue weighted by molar-refractivity contribution is 5.76. The number of nitrogens with zero attached hydrogens (tertiary/aromatic N) is 6. The second kappa shape index (κ2) is 14.1. The zero-order chi connectivity index (χ0) is 32.5. The summed E-state index contributed by atoms with van der Waals surface area (Å²) in [5, 5.41) is 31.0. The molecular formula is C39H30N6. The van der Waals surface area contributed by atoms with Crippen LogP contribution in [-0.2, 0) is 0 Å². The first-order valence-corrected chi connectivity index (χ1v) is 14.0. The van der Waals surface area contributed by atoms with Gasteiger partial charge in [0.1, 0.15) is 18.2 Å². The summed E-state index contributed by atoms with van der Waals surface area (Å²) in [7, 11) is 11.7. The lowest BCUT2D eigenvalue weighted by molar-refractivity contribution is 1.13. The normalized spacial score (nSPS) is 9.40. The van der Waals surface area contributed by atoms with Gasteiger partial charge in [0.25, 0.3) is 0 Å². The van der Waals surface area contributed by atoms with Crippen molar-refractivity contribution in [1.82, 2.24) is 0 Å². The Balaban J connectivity index is 1.97. The van der Waals surface area contributed by atoms with Gasteiger partial charge >= 0.3 is 0 Å². The number of hydrogen-bond donors (Lipinski definition) is 0. The Bertz CT molecular complexity index is 1780. The van der Waals surface area contributed by atoms with Crippen LogP contribution in [0.25, 0.3) is 0 Å². The van der Waals surface area contributed by atoms with Gasteiger partial charge < -0.3 is 14.7 Å². The van der Waals surface area contributed by atoms with Crippen molar-refractivity contribution in [3.05, 3.63) is 123 Å². The minimum absolute atomic E-state index is 0.0683. The van der Waals surface area contributed by atoms with Crippen LogP contribution in [0.4, 0.5) is 17.1 Å². The van der Waals surface area contributed by atoms with Crippen LogP contribution in [0.2, 0.25) is 0 Å². The van der Waals surface area contributed by atoms with Gasteiger partial charge in [-0.2, -0.15) is 15.8 Å². The first-order chi connectivity index (χ1) is 21.7. The van der Waals surface area contributed by atoms with Gasteiger partial charge in [-0.15, -0.1) is 0 Å². The Morgan fingerprint density at radius 1 is 0.333 bits per heavy atom. The maximum Gasteiger partial charge on any atom is 0.102 e. The van der Waals surface area contributed by atoms with E-state index >= 15 is 0 Å². The zero-order valence-corrected chi connectivity index (χ0v) is 26.1. The highest BCUT2D eigenvalue weighted by Crippen LogP contribution is 2.27. The average molecular weight is 583 g/mol. The van der Waals surface area contributed by atoms with Crippen LogP contribution in [0.15, 0.2) is 72.8 Å². The second-order valence-electron chi connectivity index (χ2n) is 10.7. The molecule has 0 unspecified atom stereocenters. The lowest BCUT2D eigenvalue weighted by atomic mass is 9.87. The van der Waals surface area contributed by atoms with E-state index in [4.69, 9.17) is 0 Å². The average Bonchev–Trinajstić information content (AvgIpc) is 3.05. The predicted molar refractivity (Wildman–Crippen MR) is 181 cm³/mol. The minimum atomic E-state index is 0.0683. The molecule has 0 N–H and O–H groups in total. The molecule has 6 heteroatoms. The molecule has 0 aromatic heterocycles. The number of rotatable bonds is 3. The molecule has 0 saturated heterocycles. The van der Waals surface area contributed by atoms with E-state index in [1.165, 1.54) is 0 Å². The molecule has 0 saturated carbocycles. The number of nitriles is 3. The molecule has 45 heavy (non-hydrogen) atoms. The smallest absolute Gasteiger partial charge is 0.102 e. The highest BCUT2D eigenvalue weighted by Gasteiger charge is 2.22. The van der Waals surface area contributed by atoms with Crippen molar-refractivity contribution in [1.29, 1.82) is 15.8 Å². The van der Waals surface area contributed by atoms with E-state index in [9.17, 15) is 15.8 Å². The van der Waals surface area contributed by atoms with E-state index in [0.29, 0.717) is 16.7 Å². The fourth-order valence-electron chi connectivity index (χ4n) is 4.39. The van der Waals surface area contributed by atoms with Crippen LogP contribution in [0.3, 0.4) is 0 Å². The zero-order valence-electron chi connectivity index (χ0n) is 26.1.